The first-order chi connectivity index (χ1) is 19.9. The molecule has 41 heavy (non-hydrogen) atoms. The molecule has 0 unspecified atom stereocenters. The summed E-state index contributed by atoms with van der Waals surface area (Å²) in [7, 11) is 0. The fourth-order valence-electron chi connectivity index (χ4n) is 5.64. The Bertz CT molecular complexity index is 2180. The summed E-state index contributed by atoms with van der Waals surface area (Å²) >= 11 is 4.80. The SMILES string of the molecule is CC(=O)C1=C(C)N=c2s/c(=C\c3c4ccccc4cc4ccccc34)c(=O)n2[C@H]1c1ccc(-c2ccc(Br)cc2)o1. The molecule has 0 N–H and O–H groups in total. The van der Waals surface area contributed by atoms with Gasteiger partial charge in [-0.15, -0.1) is 0 Å². The van der Waals surface area contributed by atoms with Gasteiger partial charge in [0.15, 0.2) is 10.6 Å². The highest BCUT2D eigenvalue weighted by Gasteiger charge is 2.33. The molecule has 7 heteroatoms. The quantitative estimate of drug-likeness (QED) is 0.197. The van der Waals surface area contributed by atoms with Crippen molar-refractivity contribution in [3.05, 3.63) is 138 Å². The van der Waals surface area contributed by atoms with Crippen LogP contribution in [0, 0.1) is 0 Å². The van der Waals surface area contributed by atoms with Gasteiger partial charge in [-0.2, -0.15) is 0 Å². The fourth-order valence-corrected chi connectivity index (χ4v) is 6.94. The molecule has 1 aliphatic heterocycles. The van der Waals surface area contributed by atoms with Gasteiger partial charge >= 0.3 is 0 Å². The Hall–Kier alpha value is -4.33. The van der Waals surface area contributed by atoms with E-state index in [-0.39, 0.29) is 11.3 Å². The van der Waals surface area contributed by atoms with E-state index in [1.54, 1.807) is 4.57 Å². The van der Waals surface area contributed by atoms with Crippen molar-refractivity contribution in [2.24, 2.45) is 4.99 Å². The van der Waals surface area contributed by atoms with E-state index >= 15 is 0 Å². The number of carbonyl (C=O) groups is 1. The lowest BCUT2D eigenvalue weighted by molar-refractivity contribution is -0.114. The topological polar surface area (TPSA) is 64.6 Å². The van der Waals surface area contributed by atoms with Gasteiger partial charge in [0.2, 0.25) is 0 Å². The third-order valence-electron chi connectivity index (χ3n) is 7.51. The number of thiazole rings is 1. The molecular formula is C34H23BrN2O3S. The molecule has 2 aromatic heterocycles. The monoisotopic (exact) mass is 618 g/mol. The Morgan fingerprint density at radius 3 is 2.27 bits per heavy atom. The lowest BCUT2D eigenvalue weighted by Crippen LogP contribution is -2.39. The summed E-state index contributed by atoms with van der Waals surface area (Å²) in [6.45, 7) is 3.33. The normalized spacial score (nSPS) is 15.4. The molecule has 6 aromatic rings. The molecule has 0 fully saturated rings. The number of Topliss-reactive ketones (excluding diaryl/α,β-unsaturated/α-hetero) is 1. The van der Waals surface area contributed by atoms with Crippen LogP contribution < -0.4 is 14.9 Å². The van der Waals surface area contributed by atoms with E-state index in [0.29, 0.717) is 32.1 Å². The number of ketones is 1. The summed E-state index contributed by atoms with van der Waals surface area (Å²) in [6, 6.07) is 29.4. The Morgan fingerprint density at radius 2 is 1.61 bits per heavy atom. The molecule has 0 saturated heterocycles. The van der Waals surface area contributed by atoms with E-state index in [9.17, 15) is 9.59 Å². The number of rotatable bonds is 4. The van der Waals surface area contributed by atoms with Crippen LogP contribution in [0.2, 0.25) is 0 Å². The van der Waals surface area contributed by atoms with Crippen molar-refractivity contribution in [1.29, 1.82) is 0 Å². The predicted molar refractivity (Wildman–Crippen MR) is 168 cm³/mol. The molecular weight excluding hydrogens is 596 g/mol. The molecule has 7 rings (SSSR count). The maximum atomic E-state index is 14.2. The van der Waals surface area contributed by atoms with Crippen molar-refractivity contribution >= 4 is 60.7 Å². The Morgan fingerprint density at radius 1 is 0.951 bits per heavy atom. The van der Waals surface area contributed by atoms with Gasteiger partial charge in [0.1, 0.15) is 17.6 Å². The zero-order valence-electron chi connectivity index (χ0n) is 22.2. The van der Waals surface area contributed by atoms with Crippen molar-refractivity contribution in [2.75, 3.05) is 0 Å². The van der Waals surface area contributed by atoms with Crippen molar-refractivity contribution in [1.82, 2.24) is 4.57 Å². The molecule has 3 heterocycles. The average molecular weight is 620 g/mol. The van der Waals surface area contributed by atoms with Crippen LogP contribution in [0.15, 0.2) is 121 Å². The van der Waals surface area contributed by atoms with Crippen LogP contribution in [0.1, 0.15) is 31.2 Å². The minimum atomic E-state index is -0.709. The smallest absolute Gasteiger partial charge is 0.271 e. The molecule has 5 nitrogen and oxygen atoms in total. The summed E-state index contributed by atoms with van der Waals surface area (Å²) in [5.41, 5.74) is 2.73. The van der Waals surface area contributed by atoms with Crippen LogP contribution in [0.4, 0.5) is 0 Å². The Balaban J connectivity index is 1.46. The number of aromatic nitrogens is 1. The first kappa shape index (κ1) is 25.6. The van der Waals surface area contributed by atoms with Crippen LogP contribution >= 0.6 is 27.3 Å². The van der Waals surface area contributed by atoms with E-state index in [1.165, 1.54) is 18.3 Å². The highest BCUT2D eigenvalue weighted by Crippen LogP contribution is 2.34. The number of fused-ring (bicyclic) bond motifs is 3. The summed E-state index contributed by atoms with van der Waals surface area (Å²) in [5.74, 6) is 1.03. The molecule has 200 valence electrons. The zero-order valence-corrected chi connectivity index (χ0v) is 24.6. The van der Waals surface area contributed by atoms with E-state index in [0.717, 1.165) is 37.1 Å². The van der Waals surface area contributed by atoms with Gasteiger partial charge < -0.3 is 4.42 Å². The van der Waals surface area contributed by atoms with Crippen LogP contribution in [-0.4, -0.2) is 10.4 Å². The number of carbonyl (C=O) groups excluding carboxylic acids is 1. The van der Waals surface area contributed by atoms with Crippen molar-refractivity contribution < 1.29 is 9.21 Å². The first-order valence-electron chi connectivity index (χ1n) is 13.2. The van der Waals surface area contributed by atoms with Gasteiger partial charge in [-0.25, -0.2) is 4.99 Å². The van der Waals surface area contributed by atoms with E-state index < -0.39 is 6.04 Å². The van der Waals surface area contributed by atoms with Gasteiger partial charge in [0, 0.05) is 21.3 Å². The Labute approximate surface area is 247 Å². The van der Waals surface area contributed by atoms with E-state index in [4.69, 9.17) is 9.41 Å². The molecule has 1 aliphatic rings. The highest BCUT2D eigenvalue weighted by atomic mass is 79.9. The first-order valence-corrected chi connectivity index (χ1v) is 14.8. The largest absolute Gasteiger partial charge is 0.458 e. The minimum absolute atomic E-state index is 0.146. The van der Waals surface area contributed by atoms with Gasteiger partial charge in [0.25, 0.3) is 5.56 Å². The lowest BCUT2D eigenvalue weighted by atomic mass is 9.96. The summed E-state index contributed by atoms with van der Waals surface area (Å²) in [5, 5.41) is 4.35. The second-order valence-corrected chi connectivity index (χ2v) is 12.0. The molecule has 0 saturated carbocycles. The van der Waals surface area contributed by atoms with Crippen LogP contribution in [0.3, 0.4) is 0 Å². The van der Waals surface area contributed by atoms with Crippen molar-refractivity contribution in [3.63, 3.8) is 0 Å². The third kappa shape index (κ3) is 4.33. The fraction of sp³-hybridized carbons (Fsp3) is 0.0882. The Kier molecular flexibility index (Phi) is 6.21. The molecule has 0 amide bonds. The van der Waals surface area contributed by atoms with E-state index in [1.807, 2.05) is 73.7 Å². The van der Waals surface area contributed by atoms with Crippen LogP contribution in [0.5, 0.6) is 0 Å². The van der Waals surface area contributed by atoms with E-state index in [2.05, 4.69) is 46.3 Å². The van der Waals surface area contributed by atoms with Crippen molar-refractivity contribution in [2.45, 2.75) is 19.9 Å². The van der Waals surface area contributed by atoms with Crippen LogP contribution in [-0.2, 0) is 4.79 Å². The van der Waals surface area contributed by atoms with Crippen molar-refractivity contribution in [3.8, 4) is 11.3 Å². The maximum Gasteiger partial charge on any atom is 0.271 e. The molecule has 1 atom stereocenters. The van der Waals surface area contributed by atoms with Gasteiger partial charge in [-0.3, -0.25) is 14.2 Å². The summed E-state index contributed by atoms with van der Waals surface area (Å²) < 4.78 is 9.45. The standard InChI is InChI=1S/C34H23BrN2O3S/c1-19-31(20(2)38)32(29-16-15-28(40-29)21-11-13-24(35)14-12-21)37-33(39)30(41-34(37)36-19)18-27-25-9-5-3-7-22(25)17-23-8-4-6-10-26(23)27/h3-18,32H,1-2H3/b30-18-/t32-/m0/s1. The highest BCUT2D eigenvalue weighted by molar-refractivity contribution is 9.10. The average Bonchev–Trinajstić information content (AvgIpc) is 3.57. The number of furan rings is 1. The minimum Gasteiger partial charge on any atom is -0.458 e. The van der Waals surface area contributed by atoms with Crippen LogP contribution in [0.25, 0.3) is 38.9 Å². The second kappa shape index (κ2) is 9.94. The molecule has 0 spiro atoms. The van der Waals surface area contributed by atoms with Gasteiger partial charge in [-0.05, 0) is 77.4 Å². The zero-order chi connectivity index (χ0) is 28.2. The third-order valence-corrected chi connectivity index (χ3v) is 9.03. The van der Waals surface area contributed by atoms with Gasteiger partial charge in [-0.1, -0.05) is 87.9 Å². The second-order valence-electron chi connectivity index (χ2n) is 10.1. The number of hydrogen-bond donors (Lipinski definition) is 0. The maximum absolute atomic E-state index is 14.2. The lowest BCUT2D eigenvalue weighted by Gasteiger charge is -2.22. The summed E-state index contributed by atoms with van der Waals surface area (Å²) in [6.07, 6.45) is 1.97. The predicted octanol–water partition coefficient (Wildman–Crippen LogP) is 7.15. The molecule has 4 aromatic carbocycles. The number of halogens is 1. The number of benzene rings is 4. The number of nitrogens with zero attached hydrogens (tertiary/aromatic N) is 2. The number of hydrogen-bond acceptors (Lipinski definition) is 5. The molecule has 0 aliphatic carbocycles. The van der Waals surface area contributed by atoms with Gasteiger partial charge in [0.05, 0.1) is 4.53 Å². The summed E-state index contributed by atoms with van der Waals surface area (Å²) in [4.78, 5) is 32.4. The molecule has 0 radical (unpaired) electrons. The molecule has 0 bridgehead atoms. The number of allylic oxidation sites excluding steroid dienone is 2.